The normalized spacial score (nSPS) is 11.4. The van der Waals surface area contributed by atoms with Gasteiger partial charge in [0.2, 0.25) is 0 Å². The van der Waals surface area contributed by atoms with E-state index in [1.807, 2.05) is 0 Å². The lowest BCUT2D eigenvalue weighted by atomic mass is 10.2. The van der Waals surface area contributed by atoms with Crippen molar-refractivity contribution in [2.75, 3.05) is 0 Å². The van der Waals surface area contributed by atoms with Crippen molar-refractivity contribution in [2.45, 2.75) is 0 Å². The molecule has 2 aromatic carbocycles. The highest BCUT2D eigenvalue weighted by molar-refractivity contribution is 6.30. The molecule has 0 aliphatic rings. The molecule has 0 bridgehead atoms. The maximum absolute atomic E-state index is 9.55. The standard InChI is InChI=1S/C14H11ClN2O2/c15-12-5-6-14(19)11(7-12)9-17-16-8-10-3-1-2-4-13(10)18/h1-9,18-19H/b16-8+,17-9+. The highest BCUT2D eigenvalue weighted by Gasteiger charge is 1.98. The number of phenols is 2. The topological polar surface area (TPSA) is 65.2 Å². The Morgan fingerprint density at radius 2 is 1.47 bits per heavy atom. The van der Waals surface area contributed by atoms with Gasteiger partial charge in [0.25, 0.3) is 0 Å². The van der Waals surface area contributed by atoms with Crippen LogP contribution in [0, 0.1) is 0 Å². The third kappa shape index (κ3) is 3.56. The molecule has 0 saturated heterocycles. The molecule has 0 saturated carbocycles. The van der Waals surface area contributed by atoms with Crippen LogP contribution in [0.2, 0.25) is 5.02 Å². The Morgan fingerprint density at radius 1 is 0.842 bits per heavy atom. The van der Waals surface area contributed by atoms with Crippen LogP contribution in [0.1, 0.15) is 11.1 Å². The third-order valence-corrected chi connectivity index (χ3v) is 2.62. The lowest BCUT2D eigenvalue weighted by molar-refractivity contribution is 0.474. The van der Waals surface area contributed by atoms with E-state index in [9.17, 15) is 10.2 Å². The first-order valence-electron chi connectivity index (χ1n) is 5.50. The van der Waals surface area contributed by atoms with Gasteiger partial charge in [0, 0.05) is 16.1 Å². The van der Waals surface area contributed by atoms with Crippen molar-refractivity contribution in [1.82, 2.24) is 0 Å². The zero-order valence-corrected chi connectivity index (χ0v) is 10.6. The summed E-state index contributed by atoms with van der Waals surface area (Å²) in [5.74, 6) is 0.206. The van der Waals surface area contributed by atoms with Gasteiger partial charge in [-0.3, -0.25) is 0 Å². The lowest BCUT2D eigenvalue weighted by Crippen LogP contribution is -1.83. The minimum Gasteiger partial charge on any atom is -0.507 e. The molecule has 2 aromatic rings. The highest BCUT2D eigenvalue weighted by atomic mass is 35.5. The summed E-state index contributed by atoms with van der Waals surface area (Å²) in [6, 6.07) is 11.4. The second-order valence-corrected chi connectivity index (χ2v) is 4.19. The smallest absolute Gasteiger partial charge is 0.124 e. The summed E-state index contributed by atoms with van der Waals surface area (Å²) in [7, 11) is 0. The molecule has 2 rings (SSSR count). The van der Waals surface area contributed by atoms with Gasteiger partial charge in [-0.05, 0) is 30.3 Å². The fraction of sp³-hybridized carbons (Fsp3) is 0. The summed E-state index contributed by atoms with van der Waals surface area (Å²) < 4.78 is 0. The number of halogens is 1. The second kappa shape index (κ2) is 6.02. The minimum absolute atomic E-state index is 0.0749. The minimum atomic E-state index is 0.0749. The molecular formula is C14H11ClN2O2. The van der Waals surface area contributed by atoms with Crippen LogP contribution >= 0.6 is 11.6 Å². The van der Waals surface area contributed by atoms with Crippen molar-refractivity contribution >= 4 is 24.0 Å². The van der Waals surface area contributed by atoms with Crippen LogP contribution in [0.25, 0.3) is 0 Å². The van der Waals surface area contributed by atoms with E-state index in [0.29, 0.717) is 16.1 Å². The van der Waals surface area contributed by atoms with E-state index in [1.165, 1.54) is 18.5 Å². The fourth-order valence-corrected chi connectivity index (χ4v) is 1.60. The molecule has 0 fully saturated rings. The number of aromatic hydroxyl groups is 2. The van der Waals surface area contributed by atoms with Gasteiger partial charge in [-0.2, -0.15) is 10.2 Å². The van der Waals surface area contributed by atoms with Crippen molar-refractivity contribution in [1.29, 1.82) is 0 Å². The van der Waals surface area contributed by atoms with Crippen molar-refractivity contribution in [3.8, 4) is 11.5 Å². The predicted molar refractivity (Wildman–Crippen MR) is 76.4 cm³/mol. The fourth-order valence-electron chi connectivity index (χ4n) is 1.42. The van der Waals surface area contributed by atoms with E-state index in [-0.39, 0.29) is 11.5 Å². The summed E-state index contributed by atoms with van der Waals surface area (Å²) in [6.45, 7) is 0. The van der Waals surface area contributed by atoms with Crippen molar-refractivity contribution in [3.63, 3.8) is 0 Å². The summed E-state index contributed by atoms with van der Waals surface area (Å²) in [4.78, 5) is 0. The van der Waals surface area contributed by atoms with Crippen LogP contribution in [0.3, 0.4) is 0 Å². The Bertz CT molecular complexity index is 639. The average Bonchev–Trinajstić information content (AvgIpc) is 2.40. The molecule has 5 heteroatoms. The quantitative estimate of drug-likeness (QED) is 0.667. The van der Waals surface area contributed by atoms with Crippen molar-refractivity contribution in [2.24, 2.45) is 10.2 Å². The summed E-state index contributed by atoms with van der Waals surface area (Å²) in [5, 5.41) is 27.2. The van der Waals surface area contributed by atoms with Gasteiger partial charge < -0.3 is 10.2 Å². The monoisotopic (exact) mass is 274 g/mol. The molecular weight excluding hydrogens is 264 g/mol. The van der Waals surface area contributed by atoms with Crippen LogP contribution in [-0.2, 0) is 0 Å². The summed E-state index contributed by atoms with van der Waals surface area (Å²) in [5.41, 5.74) is 1.04. The Hall–Kier alpha value is -2.33. The van der Waals surface area contributed by atoms with E-state index in [1.54, 1.807) is 36.4 Å². The van der Waals surface area contributed by atoms with Crippen LogP contribution in [0.15, 0.2) is 52.7 Å². The number of phenolic OH excluding ortho intramolecular Hbond substituents is 2. The van der Waals surface area contributed by atoms with Gasteiger partial charge in [-0.1, -0.05) is 23.7 Å². The first-order chi connectivity index (χ1) is 9.16. The van der Waals surface area contributed by atoms with Gasteiger partial charge >= 0.3 is 0 Å². The van der Waals surface area contributed by atoms with Gasteiger partial charge in [-0.25, -0.2) is 0 Å². The molecule has 2 N–H and O–H groups in total. The molecule has 0 heterocycles. The van der Waals surface area contributed by atoms with Crippen LogP contribution in [0.5, 0.6) is 11.5 Å². The molecule has 4 nitrogen and oxygen atoms in total. The Labute approximate surface area is 115 Å². The number of nitrogens with zero attached hydrogens (tertiary/aromatic N) is 2. The number of rotatable bonds is 3. The van der Waals surface area contributed by atoms with E-state index in [0.717, 1.165) is 0 Å². The first kappa shape index (κ1) is 13.1. The zero-order valence-electron chi connectivity index (χ0n) is 9.86. The molecule has 0 aromatic heterocycles. The molecule has 0 spiro atoms. The predicted octanol–water partition coefficient (Wildman–Crippen LogP) is 3.20. The maximum Gasteiger partial charge on any atom is 0.124 e. The van der Waals surface area contributed by atoms with Crippen LogP contribution < -0.4 is 0 Å². The number of hydrogen-bond acceptors (Lipinski definition) is 4. The van der Waals surface area contributed by atoms with Crippen LogP contribution in [-0.4, -0.2) is 22.6 Å². The number of hydrogen-bond donors (Lipinski definition) is 2. The molecule has 0 atom stereocenters. The Kier molecular flexibility index (Phi) is 4.15. The number of benzene rings is 2. The van der Waals surface area contributed by atoms with Gasteiger partial charge in [-0.15, -0.1) is 0 Å². The Morgan fingerprint density at radius 3 is 2.21 bits per heavy atom. The Balaban J connectivity index is 2.12. The SMILES string of the molecule is Oc1ccccc1/C=N/N=C/c1cc(Cl)ccc1O. The van der Waals surface area contributed by atoms with Crippen LogP contribution in [0.4, 0.5) is 0 Å². The maximum atomic E-state index is 9.55. The molecule has 0 unspecified atom stereocenters. The van der Waals surface area contributed by atoms with Gasteiger partial charge in [0.05, 0.1) is 12.4 Å². The molecule has 0 radical (unpaired) electrons. The number of para-hydroxylation sites is 1. The molecule has 0 amide bonds. The summed E-state index contributed by atoms with van der Waals surface area (Å²) in [6.07, 6.45) is 2.81. The average molecular weight is 275 g/mol. The molecule has 0 aliphatic heterocycles. The largest absolute Gasteiger partial charge is 0.507 e. The van der Waals surface area contributed by atoms with E-state index >= 15 is 0 Å². The molecule has 19 heavy (non-hydrogen) atoms. The van der Waals surface area contributed by atoms with Crippen molar-refractivity contribution in [3.05, 3.63) is 58.6 Å². The first-order valence-corrected chi connectivity index (χ1v) is 5.87. The molecule has 0 aliphatic carbocycles. The summed E-state index contributed by atoms with van der Waals surface area (Å²) >= 11 is 5.80. The van der Waals surface area contributed by atoms with E-state index < -0.39 is 0 Å². The van der Waals surface area contributed by atoms with Crippen molar-refractivity contribution < 1.29 is 10.2 Å². The second-order valence-electron chi connectivity index (χ2n) is 3.75. The van der Waals surface area contributed by atoms with Gasteiger partial charge in [0.1, 0.15) is 11.5 Å². The molecule has 96 valence electrons. The highest BCUT2D eigenvalue weighted by Crippen LogP contribution is 2.19. The van der Waals surface area contributed by atoms with E-state index in [4.69, 9.17) is 11.6 Å². The third-order valence-electron chi connectivity index (χ3n) is 2.39. The lowest BCUT2D eigenvalue weighted by Gasteiger charge is -1.97. The van der Waals surface area contributed by atoms with E-state index in [2.05, 4.69) is 10.2 Å². The van der Waals surface area contributed by atoms with Gasteiger partial charge in [0.15, 0.2) is 0 Å². The zero-order chi connectivity index (χ0) is 13.7.